The molecule has 0 aliphatic carbocycles. The molecule has 0 radical (unpaired) electrons. The number of halogens is 1. The fourth-order valence-electron chi connectivity index (χ4n) is 0.939. The third-order valence-electron chi connectivity index (χ3n) is 1.73. The van der Waals surface area contributed by atoms with Crippen LogP contribution in [0, 0.1) is 0 Å². The minimum Gasteiger partial charge on any atom is -0.459 e. The van der Waals surface area contributed by atoms with E-state index < -0.39 is 20.1 Å². The number of hydrogen-bond acceptors (Lipinski definition) is 2. The first-order valence-electron chi connectivity index (χ1n) is 4.34. The molecule has 0 aromatic carbocycles. The first-order chi connectivity index (χ1) is 5.79. The normalized spacial score (nSPS) is 13.6. The molecule has 0 amide bonds. The van der Waals surface area contributed by atoms with Crippen molar-refractivity contribution >= 4 is 14.4 Å². The van der Waals surface area contributed by atoms with Crippen LogP contribution in [0.5, 0.6) is 0 Å². The van der Waals surface area contributed by atoms with Crippen LogP contribution in [-0.4, -0.2) is 20.1 Å². The Balaban J connectivity index is 4.31. The van der Waals surface area contributed by atoms with E-state index in [0.29, 0.717) is 12.0 Å². The zero-order chi connectivity index (χ0) is 10.6. The summed E-state index contributed by atoms with van der Waals surface area (Å²) in [4.78, 5) is 11.1. The molecule has 1 unspecified atom stereocenters. The zero-order valence-electron chi connectivity index (χ0n) is 8.69. The Morgan fingerprint density at radius 1 is 1.62 bits per heavy atom. The second kappa shape index (κ2) is 4.55. The van der Waals surface area contributed by atoms with Crippen molar-refractivity contribution in [2.24, 2.45) is 0 Å². The highest BCUT2D eigenvalue weighted by Gasteiger charge is 2.34. The van der Waals surface area contributed by atoms with Gasteiger partial charge in [0.1, 0.15) is 5.73 Å². The molecule has 0 aromatic heterocycles. The van der Waals surface area contributed by atoms with Crippen LogP contribution < -0.4 is 0 Å². The molecule has 0 rings (SSSR count). The second-order valence-corrected chi connectivity index (χ2v) is 7.42. The molecule has 0 aliphatic rings. The maximum Gasteiger partial charge on any atom is 0.333 e. The number of rotatable bonds is 4. The second-order valence-electron chi connectivity index (χ2n) is 3.65. The average Bonchev–Trinajstić information content (AvgIpc) is 1.96. The summed E-state index contributed by atoms with van der Waals surface area (Å²) in [5, 5.41) is 0. The van der Waals surface area contributed by atoms with Crippen molar-refractivity contribution in [3.8, 4) is 0 Å². The first-order valence-corrected chi connectivity index (χ1v) is 7.30. The van der Waals surface area contributed by atoms with Gasteiger partial charge in [0.25, 0.3) is 8.41 Å². The van der Waals surface area contributed by atoms with Gasteiger partial charge in [-0.05, 0) is 26.4 Å². The summed E-state index contributed by atoms with van der Waals surface area (Å²) in [6, 6.07) is 0. The van der Waals surface area contributed by atoms with E-state index in [1.54, 1.807) is 6.92 Å². The van der Waals surface area contributed by atoms with Gasteiger partial charge in [0.05, 0.1) is 0 Å². The van der Waals surface area contributed by atoms with Gasteiger partial charge in [0.15, 0.2) is 0 Å². The van der Waals surface area contributed by atoms with Crippen molar-refractivity contribution in [3.63, 3.8) is 0 Å². The van der Waals surface area contributed by atoms with E-state index in [-0.39, 0.29) is 0 Å². The molecule has 0 N–H and O–H groups in total. The Labute approximate surface area is 80.0 Å². The van der Waals surface area contributed by atoms with Crippen molar-refractivity contribution in [2.75, 3.05) is 0 Å². The molecular formula is C9H17FO2Si. The molecule has 0 fully saturated rings. The van der Waals surface area contributed by atoms with Crippen LogP contribution >= 0.6 is 0 Å². The van der Waals surface area contributed by atoms with Gasteiger partial charge in [-0.25, -0.2) is 4.79 Å². The molecule has 0 aromatic rings. The summed E-state index contributed by atoms with van der Waals surface area (Å²) >= 11 is 0. The molecule has 76 valence electrons. The van der Waals surface area contributed by atoms with E-state index in [4.69, 9.17) is 4.74 Å². The van der Waals surface area contributed by atoms with Crippen LogP contribution in [0.4, 0.5) is 4.11 Å². The average molecular weight is 204 g/mol. The van der Waals surface area contributed by atoms with E-state index in [1.165, 1.54) is 13.1 Å². The zero-order valence-corrected chi connectivity index (χ0v) is 9.69. The van der Waals surface area contributed by atoms with Crippen molar-refractivity contribution in [3.05, 3.63) is 12.2 Å². The molecule has 0 heterocycles. The highest BCUT2D eigenvalue weighted by molar-refractivity contribution is 6.71. The van der Waals surface area contributed by atoms with Crippen LogP contribution in [0.2, 0.25) is 13.1 Å². The van der Waals surface area contributed by atoms with Crippen molar-refractivity contribution in [1.82, 2.24) is 0 Å². The molecule has 0 aliphatic heterocycles. The number of carbonyl (C=O) groups excluding carboxylic acids is 1. The molecule has 0 saturated heterocycles. The van der Waals surface area contributed by atoms with Gasteiger partial charge < -0.3 is 8.84 Å². The molecule has 0 bridgehead atoms. The molecular weight excluding hydrogens is 187 g/mol. The highest BCUT2D eigenvalue weighted by atomic mass is 28.4. The predicted octanol–water partition coefficient (Wildman–Crippen LogP) is 2.60. The van der Waals surface area contributed by atoms with E-state index in [1.807, 2.05) is 6.92 Å². The number of ether oxygens (including phenoxy) is 1. The summed E-state index contributed by atoms with van der Waals surface area (Å²) < 4.78 is 18.5. The van der Waals surface area contributed by atoms with E-state index in [9.17, 15) is 8.90 Å². The maximum absolute atomic E-state index is 13.5. The molecule has 0 saturated carbocycles. The van der Waals surface area contributed by atoms with Gasteiger partial charge in [0.2, 0.25) is 0 Å². The van der Waals surface area contributed by atoms with Gasteiger partial charge in [-0.2, -0.15) is 0 Å². The fraction of sp³-hybridized carbons (Fsp3) is 0.667. The van der Waals surface area contributed by atoms with Crippen molar-refractivity contribution in [2.45, 2.75) is 39.1 Å². The minimum atomic E-state index is -2.88. The highest BCUT2D eigenvalue weighted by Crippen LogP contribution is 2.17. The quantitative estimate of drug-likeness (QED) is 0.304. The lowest BCUT2D eigenvalue weighted by atomic mass is 10.4. The third kappa shape index (κ3) is 4.22. The lowest BCUT2D eigenvalue weighted by Crippen LogP contribution is -2.40. The number of hydrogen-bond donors (Lipinski definition) is 0. The SMILES string of the molecule is C=C(C)C(=O)OC(CC)[Si](C)(C)F. The smallest absolute Gasteiger partial charge is 0.333 e. The summed E-state index contributed by atoms with van der Waals surface area (Å²) in [6.07, 6.45) is 0.523. The van der Waals surface area contributed by atoms with Gasteiger partial charge in [-0.15, -0.1) is 0 Å². The Hall–Kier alpha value is -0.643. The topological polar surface area (TPSA) is 26.3 Å². The van der Waals surface area contributed by atoms with Crippen LogP contribution in [0.25, 0.3) is 0 Å². The van der Waals surface area contributed by atoms with Gasteiger partial charge in [0, 0.05) is 5.57 Å². The Morgan fingerprint density at radius 2 is 2.08 bits per heavy atom. The first kappa shape index (κ1) is 12.4. The summed E-state index contributed by atoms with van der Waals surface area (Å²) in [5.74, 6) is -0.495. The lowest BCUT2D eigenvalue weighted by molar-refractivity contribution is -0.141. The Kier molecular flexibility index (Phi) is 4.33. The fourth-order valence-corrected chi connectivity index (χ4v) is 2.30. The van der Waals surface area contributed by atoms with Crippen molar-refractivity contribution < 1.29 is 13.6 Å². The third-order valence-corrected chi connectivity index (χ3v) is 3.79. The summed E-state index contributed by atoms with van der Waals surface area (Å²) in [6.45, 7) is 9.88. The molecule has 0 spiro atoms. The Bertz CT molecular complexity index is 208. The number of carbonyl (C=O) groups is 1. The summed E-state index contributed by atoms with van der Waals surface area (Å²) in [7, 11) is -2.88. The standard InChI is InChI=1S/C9H17FO2Si/c1-6-8(13(4,5)10)12-9(11)7(2)3/h8H,2,6H2,1,3-5H3. The van der Waals surface area contributed by atoms with Crippen molar-refractivity contribution in [1.29, 1.82) is 0 Å². The molecule has 1 atom stereocenters. The van der Waals surface area contributed by atoms with Crippen LogP contribution in [-0.2, 0) is 9.53 Å². The molecule has 2 nitrogen and oxygen atoms in total. The maximum atomic E-state index is 13.5. The Morgan fingerprint density at radius 3 is 2.31 bits per heavy atom. The van der Waals surface area contributed by atoms with Crippen LogP contribution in [0.1, 0.15) is 20.3 Å². The number of esters is 1. The van der Waals surface area contributed by atoms with E-state index in [2.05, 4.69) is 6.58 Å². The molecule has 4 heteroatoms. The monoisotopic (exact) mass is 204 g/mol. The minimum absolute atomic E-state index is 0.316. The van der Waals surface area contributed by atoms with Gasteiger partial charge in [-0.3, -0.25) is 0 Å². The lowest BCUT2D eigenvalue weighted by Gasteiger charge is -2.23. The predicted molar refractivity (Wildman–Crippen MR) is 53.6 cm³/mol. The van der Waals surface area contributed by atoms with Gasteiger partial charge in [-0.1, -0.05) is 13.5 Å². The van der Waals surface area contributed by atoms with Crippen LogP contribution in [0.3, 0.4) is 0 Å². The van der Waals surface area contributed by atoms with E-state index in [0.717, 1.165) is 0 Å². The van der Waals surface area contributed by atoms with Gasteiger partial charge >= 0.3 is 5.97 Å². The largest absolute Gasteiger partial charge is 0.459 e. The van der Waals surface area contributed by atoms with E-state index >= 15 is 0 Å². The molecule has 13 heavy (non-hydrogen) atoms. The van der Waals surface area contributed by atoms with Crippen LogP contribution in [0.15, 0.2) is 12.2 Å². The summed E-state index contributed by atoms with van der Waals surface area (Å²) in [5.41, 5.74) is -0.242.